The van der Waals surface area contributed by atoms with Crippen LogP contribution >= 0.6 is 0 Å². The number of hydrogen-bond donors (Lipinski definition) is 0. The normalized spacial score (nSPS) is 16.5. The van der Waals surface area contributed by atoms with Crippen LogP contribution in [0.1, 0.15) is 33.7 Å². The van der Waals surface area contributed by atoms with Crippen molar-refractivity contribution in [3.63, 3.8) is 0 Å². The first-order chi connectivity index (χ1) is 28.6. The van der Waals surface area contributed by atoms with E-state index in [4.69, 9.17) is 8.83 Å². The lowest BCUT2D eigenvalue weighted by molar-refractivity contribution is 0.616. The van der Waals surface area contributed by atoms with Crippen LogP contribution in [0.15, 0.2) is 190 Å². The second-order valence-corrected chi connectivity index (χ2v) is 15.7. The van der Waals surface area contributed by atoms with Gasteiger partial charge in [0.05, 0.1) is 17.1 Å². The number of fused-ring (bicyclic) bond motifs is 6. The van der Waals surface area contributed by atoms with Gasteiger partial charge in [-0.15, -0.1) is 0 Å². The summed E-state index contributed by atoms with van der Waals surface area (Å²) in [6.45, 7) is 4.39. The zero-order valence-corrected chi connectivity index (χ0v) is 32.2. The summed E-state index contributed by atoms with van der Waals surface area (Å²) in [6.07, 6.45) is 14.1. The SMILES string of the molecule is Cc1ccc2c(oc3ccccc32)c1N(C1=CC=C2C=Cc3c(N(c4ccccc4)c4c(C)ccc5c4oc4ccccc45)ccc4c3C2C1C=C4)c1ccccc1. The molecule has 2 heterocycles. The Hall–Kier alpha value is -7.30. The fourth-order valence-corrected chi connectivity index (χ4v) is 9.86. The molecule has 0 spiro atoms. The molecular formula is C54H38N2O2. The molecule has 58 heavy (non-hydrogen) atoms. The first kappa shape index (κ1) is 32.9. The minimum absolute atomic E-state index is 0.0661. The Morgan fingerprint density at radius 3 is 1.69 bits per heavy atom. The van der Waals surface area contributed by atoms with Crippen LogP contribution in [-0.4, -0.2) is 0 Å². The van der Waals surface area contributed by atoms with E-state index in [2.05, 4.69) is 194 Å². The van der Waals surface area contributed by atoms with Crippen LogP contribution in [0.3, 0.4) is 0 Å². The summed E-state index contributed by atoms with van der Waals surface area (Å²) in [5, 5.41) is 4.49. The van der Waals surface area contributed by atoms with E-state index in [9.17, 15) is 0 Å². The van der Waals surface area contributed by atoms with E-state index in [0.29, 0.717) is 0 Å². The van der Waals surface area contributed by atoms with E-state index in [1.54, 1.807) is 0 Å². The largest absolute Gasteiger partial charge is 0.454 e. The second-order valence-electron chi connectivity index (χ2n) is 15.7. The third-order valence-corrected chi connectivity index (χ3v) is 12.5. The van der Waals surface area contributed by atoms with Gasteiger partial charge in [-0.05, 0) is 90.2 Å². The number of allylic oxidation sites excluding steroid dienone is 5. The van der Waals surface area contributed by atoms with Crippen molar-refractivity contribution in [2.24, 2.45) is 5.92 Å². The Morgan fingerprint density at radius 2 is 1.05 bits per heavy atom. The Labute approximate surface area is 336 Å². The summed E-state index contributed by atoms with van der Waals surface area (Å²) in [4.78, 5) is 4.88. The molecule has 3 aliphatic carbocycles. The van der Waals surface area contributed by atoms with Crippen molar-refractivity contribution in [1.29, 1.82) is 0 Å². The van der Waals surface area contributed by atoms with Crippen LogP contribution in [0.4, 0.5) is 28.4 Å². The number of aryl methyl sites for hydroxylation is 2. The monoisotopic (exact) mass is 746 g/mol. The molecule has 0 aliphatic heterocycles. The lowest BCUT2D eigenvalue weighted by Gasteiger charge is -2.43. The molecule has 2 atom stereocenters. The van der Waals surface area contributed by atoms with Gasteiger partial charge in [0, 0.05) is 56.0 Å². The zero-order chi connectivity index (χ0) is 38.5. The Morgan fingerprint density at radius 1 is 0.483 bits per heavy atom. The van der Waals surface area contributed by atoms with E-state index in [1.165, 1.54) is 28.0 Å². The number of furan rings is 2. The van der Waals surface area contributed by atoms with Gasteiger partial charge in [0.2, 0.25) is 0 Å². The molecule has 7 aromatic carbocycles. The molecule has 3 aliphatic rings. The summed E-state index contributed by atoms with van der Waals surface area (Å²) < 4.78 is 13.5. The van der Waals surface area contributed by atoms with Crippen LogP contribution in [0.5, 0.6) is 0 Å². The molecule has 4 heteroatoms. The van der Waals surface area contributed by atoms with E-state index in [-0.39, 0.29) is 11.8 Å². The molecule has 0 bridgehead atoms. The molecule has 276 valence electrons. The summed E-state index contributed by atoms with van der Waals surface area (Å²) in [5.41, 5.74) is 17.7. The molecule has 2 unspecified atom stereocenters. The number of rotatable bonds is 6. The van der Waals surface area contributed by atoms with E-state index in [0.717, 1.165) is 83.4 Å². The van der Waals surface area contributed by atoms with Crippen molar-refractivity contribution < 1.29 is 8.83 Å². The van der Waals surface area contributed by atoms with Gasteiger partial charge in [0.1, 0.15) is 11.2 Å². The van der Waals surface area contributed by atoms with Crippen LogP contribution in [0, 0.1) is 19.8 Å². The van der Waals surface area contributed by atoms with Crippen molar-refractivity contribution >= 4 is 84.5 Å². The summed E-state index contributed by atoms with van der Waals surface area (Å²) >= 11 is 0. The van der Waals surface area contributed by atoms with Gasteiger partial charge in [-0.3, -0.25) is 0 Å². The fraction of sp³-hybridized carbons (Fsp3) is 0.0741. The Balaban J connectivity index is 1.06. The van der Waals surface area contributed by atoms with Gasteiger partial charge in [-0.25, -0.2) is 0 Å². The third kappa shape index (κ3) is 4.75. The van der Waals surface area contributed by atoms with Crippen LogP contribution in [0.25, 0.3) is 56.0 Å². The minimum atomic E-state index is 0.0661. The lowest BCUT2D eigenvalue weighted by Crippen LogP contribution is -2.32. The van der Waals surface area contributed by atoms with Crippen molar-refractivity contribution in [2.75, 3.05) is 9.80 Å². The standard InChI is InChI=1S/C54H38N2O2/c1-33-21-27-41-39-17-9-11-19-47(39)57-53(41)51(33)55(37-13-5-3-6-14-37)45-31-25-35-24-30-44-46(32-26-36-23-29-43(45)49(35)50(36)44)56(38-15-7-4-8-16-38)52-34(2)22-28-42-40-18-10-12-20-48(40)58-54(42)52/h3-32,43,49H,1-2H3. The first-order valence-corrected chi connectivity index (χ1v) is 20.1. The molecule has 4 nitrogen and oxygen atoms in total. The maximum Gasteiger partial charge on any atom is 0.159 e. The van der Waals surface area contributed by atoms with Gasteiger partial charge in [0.25, 0.3) is 0 Å². The van der Waals surface area contributed by atoms with Crippen molar-refractivity contribution in [1.82, 2.24) is 0 Å². The molecule has 0 fully saturated rings. The highest BCUT2D eigenvalue weighted by atomic mass is 16.3. The van der Waals surface area contributed by atoms with Crippen LogP contribution < -0.4 is 9.80 Å². The number of hydrogen-bond acceptors (Lipinski definition) is 4. The summed E-state index contributed by atoms with van der Waals surface area (Å²) in [5.74, 6) is 0.179. The molecular weight excluding hydrogens is 709 g/mol. The fourth-order valence-electron chi connectivity index (χ4n) is 9.86. The van der Waals surface area contributed by atoms with Gasteiger partial charge in [-0.1, -0.05) is 134 Å². The number of anilines is 5. The Bertz CT molecular complexity index is 3270. The van der Waals surface area contributed by atoms with Gasteiger partial charge in [-0.2, -0.15) is 0 Å². The molecule has 0 saturated carbocycles. The van der Waals surface area contributed by atoms with E-state index >= 15 is 0 Å². The molecule has 9 aromatic rings. The molecule has 12 rings (SSSR count). The van der Waals surface area contributed by atoms with Gasteiger partial charge < -0.3 is 18.6 Å². The lowest BCUT2D eigenvalue weighted by atomic mass is 9.67. The quantitative estimate of drug-likeness (QED) is 0.170. The number of benzene rings is 7. The topological polar surface area (TPSA) is 32.8 Å². The van der Waals surface area contributed by atoms with Crippen molar-refractivity contribution in [2.45, 2.75) is 19.8 Å². The van der Waals surface area contributed by atoms with E-state index in [1.807, 2.05) is 12.1 Å². The molecule has 0 saturated heterocycles. The van der Waals surface area contributed by atoms with E-state index < -0.39 is 0 Å². The van der Waals surface area contributed by atoms with Crippen molar-refractivity contribution in [3.8, 4) is 0 Å². The smallest absolute Gasteiger partial charge is 0.159 e. The molecule has 2 aromatic heterocycles. The van der Waals surface area contributed by atoms with Gasteiger partial charge in [0.15, 0.2) is 11.2 Å². The average Bonchev–Trinajstić information content (AvgIpc) is 3.84. The maximum atomic E-state index is 6.76. The predicted molar refractivity (Wildman–Crippen MR) is 241 cm³/mol. The van der Waals surface area contributed by atoms with Gasteiger partial charge >= 0.3 is 0 Å². The van der Waals surface area contributed by atoms with Crippen molar-refractivity contribution in [3.05, 3.63) is 209 Å². The minimum Gasteiger partial charge on any atom is -0.454 e. The number of nitrogens with zero attached hydrogens (tertiary/aromatic N) is 2. The molecule has 0 amide bonds. The highest BCUT2D eigenvalue weighted by Crippen LogP contribution is 2.56. The second kappa shape index (κ2) is 12.6. The van der Waals surface area contributed by atoms with Crippen LogP contribution in [0.2, 0.25) is 0 Å². The highest BCUT2D eigenvalue weighted by molar-refractivity contribution is 6.12. The maximum absolute atomic E-state index is 6.76. The first-order valence-electron chi connectivity index (χ1n) is 20.1. The van der Waals surface area contributed by atoms with Crippen LogP contribution in [-0.2, 0) is 0 Å². The Kier molecular flexibility index (Phi) is 7.15. The predicted octanol–water partition coefficient (Wildman–Crippen LogP) is 15.0. The number of para-hydroxylation sites is 4. The zero-order valence-electron chi connectivity index (χ0n) is 32.2. The summed E-state index contributed by atoms with van der Waals surface area (Å²) in [7, 11) is 0. The molecule has 0 N–H and O–H groups in total. The molecule has 0 radical (unpaired) electrons. The third-order valence-electron chi connectivity index (χ3n) is 12.5. The average molecular weight is 747 g/mol. The highest BCUT2D eigenvalue weighted by Gasteiger charge is 2.40. The summed E-state index contributed by atoms with van der Waals surface area (Å²) in [6, 6.07) is 51.7.